The summed E-state index contributed by atoms with van der Waals surface area (Å²) >= 11 is 5.84. The van der Waals surface area contributed by atoms with Gasteiger partial charge in [0.15, 0.2) is 5.58 Å². The average molecular weight is 283 g/mol. The Labute approximate surface area is 113 Å². The van der Waals surface area contributed by atoms with Gasteiger partial charge in [0.05, 0.1) is 18.6 Å². The first-order chi connectivity index (χ1) is 9.24. The largest absolute Gasteiger partial charge is 0.416 e. The molecule has 100 valence electrons. The second-order valence-corrected chi connectivity index (χ2v) is 4.53. The highest BCUT2D eigenvalue weighted by Crippen LogP contribution is 2.27. The van der Waals surface area contributed by atoms with Crippen molar-refractivity contribution < 1.29 is 18.8 Å². The van der Waals surface area contributed by atoms with Crippen LogP contribution in [0, 0.1) is 0 Å². The summed E-state index contributed by atoms with van der Waals surface area (Å²) in [6.45, 7) is 2.06. The van der Waals surface area contributed by atoms with Gasteiger partial charge in [-0.25, -0.2) is 4.79 Å². The molecule has 1 fully saturated rings. The van der Waals surface area contributed by atoms with Crippen LogP contribution in [0.3, 0.4) is 0 Å². The summed E-state index contributed by atoms with van der Waals surface area (Å²) in [5.74, 6) is 0.156. The van der Waals surface area contributed by atoms with Crippen molar-refractivity contribution in [3.05, 3.63) is 23.2 Å². The van der Waals surface area contributed by atoms with Gasteiger partial charge in [0.1, 0.15) is 0 Å². The molecule has 3 rings (SSSR count). The van der Waals surface area contributed by atoms with Gasteiger partial charge in [-0.3, -0.25) is 0 Å². The summed E-state index contributed by atoms with van der Waals surface area (Å²) < 4.78 is 15.5. The van der Waals surface area contributed by atoms with E-state index in [2.05, 4.69) is 5.16 Å². The molecular formula is C12H11ClN2O4. The number of morpholine rings is 1. The molecule has 7 heteroatoms. The summed E-state index contributed by atoms with van der Waals surface area (Å²) in [4.78, 5) is 13.5. The van der Waals surface area contributed by atoms with Crippen molar-refractivity contribution in [3.63, 3.8) is 0 Å². The molecule has 0 radical (unpaired) electrons. The lowest BCUT2D eigenvalue weighted by Crippen LogP contribution is -2.42. The van der Waals surface area contributed by atoms with Crippen molar-refractivity contribution in [3.8, 4) is 5.88 Å². The topological polar surface area (TPSA) is 64.8 Å². The summed E-state index contributed by atoms with van der Waals surface area (Å²) in [7, 11) is 0. The maximum Gasteiger partial charge on any atom is 0.416 e. The molecule has 1 amide bonds. The van der Waals surface area contributed by atoms with E-state index in [4.69, 9.17) is 25.6 Å². The molecule has 0 N–H and O–H groups in total. The molecule has 1 aliphatic heterocycles. The van der Waals surface area contributed by atoms with Gasteiger partial charge >= 0.3 is 6.09 Å². The second-order valence-electron chi connectivity index (χ2n) is 4.10. The average Bonchev–Trinajstić information content (AvgIpc) is 2.82. The Hall–Kier alpha value is -1.79. The number of carbonyl (C=O) groups is 1. The van der Waals surface area contributed by atoms with Gasteiger partial charge in [0.25, 0.3) is 5.88 Å². The normalized spacial score (nSPS) is 15.7. The van der Waals surface area contributed by atoms with Crippen LogP contribution in [-0.4, -0.2) is 42.5 Å². The number of benzene rings is 1. The predicted molar refractivity (Wildman–Crippen MR) is 67.4 cm³/mol. The Bertz CT molecular complexity index is 607. The van der Waals surface area contributed by atoms with Crippen LogP contribution in [0.5, 0.6) is 5.88 Å². The number of halogens is 1. The Kier molecular flexibility index (Phi) is 3.27. The highest BCUT2D eigenvalue weighted by Gasteiger charge is 2.21. The molecule has 0 aliphatic carbocycles. The zero-order valence-corrected chi connectivity index (χ0v) is 10.7. The second kappa shape index (κ2) is 5.07. The molecule has 2 aromatic rings. The lowest BCUT2D eigenvalue weighted by molar-refractivity contribution is 0.0410. The van der Waals surface area contributed by atoms with Crippen molar-refractivity contribution in [1.29, 1.82) is 0 Å². The van der Waals surface area contributed by atoms with Crippen molar-refractivity contribution in [2.75, 3.05) is 26.3 Å². The third-order valence-corrected chi connectivity index (χ3v) is 3.09. The minimum Gasteiger partial charge on any atom is -0.387 e. The fourth-order valence-corrected chi connectivity index (χ4v) is 2.02. The van der Waals surface area contributed by atoms with Crippen LogP contribution in [-0.2, 0) is 4.74 Å². The van der Waals surface area contributed by atoms with Gasteiger partial charge in [-0.2, -0.15) is 0 Å². The monoisotopic (exact) mass is 282 g/mol. The fraction of sp³-hybridized carbons (Fsp3) is 0.333. The van der Waals surface area contributed by atoms with E-state index >= 15 is 0 Å². The maximum absolute atomic E-state index is 11.9. The Morgan fingerprint density at radius 2 is 2.16 bits per heavy atom. The number of nitrogens with zero attached hydrogens (tertiary/aromatic N) is 2. The maximum atomic E-state index is 11.9. The molecule has 2 heterocycles. The van der Waals surface area contributed by atoms with Crippen molar-refractivity contribution in [2.24, 2.45) is 0 Å². The minimum atomic E-state index is -0.451. The Morgan fingerprint density at radius 3 is 2.95 bits per heavy atom. The van der Waals surface area contributed by atoms with Crippen LogP contribution in [0.4, 0.5) is 4.79 Å². The van der Waals surface area contributed by atoms with Gasteiger partial charge in [-0.15, -0.1) is 0 Å². The van der Waals surface area contributed by atoms with Gasteiger partial charge < -0.3 is 18.9 Å². The summed E-state index contributed by atoms with van der Waals surface area (Å²) in [6, 6.07) is 5.01. The third kappa shape index (κ3) is 2.50. The van der Waals surface area contributed by atoms with E-state index in [1.807, 2.05) is 0 Å². The molecule has 1 saturated heterocycles. The quantitative estimate of drug-likeness (QED) is 0.803. The number of amides is 1. The number of hydrogen-bond acceptors (Lipinski definition) is 5. The van der Waals surface area contributed by atoms with E-state index in [9.17, 15) is 4.79 Å². The van der Waals surface area contributed by atoms with Crippen LogP contribution >= 0.6 is 11.6 Å². The lowest BCUT2D eigenvalue weighted by Gasteiger charge is -2.25. The van der Waals surface area contributed by atoms with Crippen LogP contribution in [0.1, 0.15) is 0 Å². The third-order valence-electron chi connectivity index (χ3n) is 2.85. The standard InChI is InChI=1S/C12H11ClN2O4/c13-8-1-2-9-10(7-8)19-14-11(9)18-12(16)15-3-5-17-6-4-15/h1-2,7H,3-6H2. The summed E-state index contributed by atoms with van der Waals surface area (Å²) in [5, 5.41) is 4.89. The lowest BCUT2D eigenvalue weighted by atomic mass is 10.3. The van der Waals surface area contributed by atoms with E-state index in [0.29, 0.717) is 42.3 Å². The molecule has 0 spiro atoms. The summed E-state index contributed by atoms with van der Waals surface area (Å²) in [6.07, 6.45) is -0.451. The molecular weight excluding hydrogens is 272 g/mol. The minimum absolute atomic E-state index is 0.156. The molecule has 1 aliphatic rings. The molecule has 1 aromatic carbocycles. The Morgan fingerprint density at radius 1 is 1.37 bits per heavy atom. The number of carbonyl (C=O) groups excluding carboxylic acids is 1. The Balaban J connectivity index is 1.79. The van der Waals surface area contributed by atoms with E-state index in [1.165, 1.54) is 0 Å². The van der Waals surface area contributed by atoms with Gasteiger partial charge in [0, 0.05) is 24.2 Å². The van der Waals surface area contributed by atoms with E-state index in [1.54, 1.807) is 23.1 Å². The first-order valence-corrected chi connectivity index (χ1v) is 6.21. The van der Waals surface area contributed by atoms with Gasteiger partial charge in [-0.1, -0.05) is 11.6 Å². The first-order valence-electron chi connectivity index (χ1n) is 5.83. The van der Waals surface area contributed by atoms with E-state index in [-0.39, 0.29) is 5.88 Å². The van der Waals surface area contributed by atoms with Crippen LogP contribution in [0.2, 0.25) is 5.02 Å². The fourth-order valence-electron chi connectivity index (χ4n) is 1.85. The number of ether oxygens (including phenoxy) is 2. The number of fused-ring (bicyclic) bond motifs is 1. The molecule has 0 bridgehead atoms. The van der Waals surface area contributed by atoms with Crippen LogP contribution in [0.15, 0.2) is 22.7 Å². The molecule has 1 aromatic heterocycles. The van der Waals surface area contributed by atoms with Crippen LogP contribution < -0.4 is 4.74 Å². The number of rotatable bonds is 1. The van der Waals surface area contributed by atoms with Crippen molar-refractivity contribution in [1.82, 2.24) is 10.1 Å². The smallest absolute Gasteiger partial charge is 0.387 e. The van der Waals surface area contributed by atoms with E-state index < -0.39 is 6.09 Å². The predicted octanol–water partition coefficient (Wildman–Crippen LogP) is 2.31. The van der Waals surface area contributed by atoms with Crippen molar-refractivity contribution >= 4 is 28.7 Å². The number of hydrogen-bond donors (Lipinski definition) is 0. The van der Waals surface area contributed by atoms with Crippen molar-refractivity contribution in [2.45, 2.75) is 0 Å². The van der Waals surface area contributed by atoms with Gasteiger partial charge in [-0.05, 0) is 17.3 Å². The SMILES string of the molecule is O=C(Oc1noc2cc(Cl)ccc12)N1CCOCC1. The van der Waals surface area contributed by atoms with Crippen LogP contribution in [0.25, 0.3) is 11.0 Å². The molecule has 0 saturated carbocycles. The number of aromatic nitrogens is 1. The first kappa shape index (κ1) is 12.3. The zero-order chi connectivity index (χ0) is 13.2. The molecule has 0 atom stereocenters. The summed E-state index contributed by atoms with van der Waals surface area (Å²) in [5.41, 5.74) is 0.484. The highest BCUT2D eigenvalue weighted by molar-refractivity contribution is 6.31. The van der Waals surface area contributed by atoms with Gasteiger partial charge in [0.2, 0.25) is 0 Å². The van der Waals surface area contributed by atoms with E-state index in [0.717, 1.165) is 0 Å². The molecule has 6 nitrogen and oxygen atoms in total. The highest BCUT2D eigenvalue weighted by atomic mass is 35.5. The zero-order valence-electron chi connectivity index (χ0n) is 9.97. The molecule has 0 unspecified atom stereocenters. The molecule has 19 heavy (non-hydrogen) atoms.